The molecule has 5 heteroatoms. The molecule has 1 N–H and O–H groups in total. The fourth-order valence-electron chi connectivity index (χ4n) is 2.52. The molecule has 1 heterocycles. The van der Waals surface area contributed by atoms with Crippen LogP contribution in [0.1, 0.15) is 18.5 Å². The molecule has 0 spiro atoms. The predicted molar refractivity (Wildman–Crippen MR) is 73.8 cm³/mol. The number of para-hydroxylation sites is 1. The molecule has 0 aromatic heterocycles. The van der Waals surface area contributed by atoms with Crippen molar-refractivity contribution in [1.82, 2.24) is 0 Å². The summed E-state index contributed by atoms with van der Waals surface area (Å²) in [6, 6.07) is 9.31. The van der Waals surface area contributed by atoms with Gasteiger partial charge in [-0.25, -0.2) is 13.2 Å². The summed E-state index contributed by atoms with van der Waals surface area (Å²) in [5.74, 6) is -3.08. The highest BCUT2D eigenvalue weighted by Crippen LogP contribution is 2.38. The summed E-state index contributed by atoms with van der Waals surface area (Å²) in [4.78, 5) is 0. The highest BCUT2D eigenvalue weighted by atomic mass is 19.2. The summed E-state index contributed by atoms with van der Waals surface area (Å²) >= 11 is 0. The fraction of sp³-hybridized carbons (Fsp3) is 0.250. The molecule has 2 aromatic carbocycles. The molecule has 110 valence electrons. The van der Waals surface area contributed by atoms with E-state index >= 15 is 0 Å². The van der Waals surface area contributed by atoms with Crippen molar-refractivity contribution in [2.24, 2.45) is 5.92 Å². The van der Waals surface area contributed by atoms with E-state index in [1.165, 1.54) is 6.07 Å². The molecule has 2 atom stereocenters. The Morgan fingerprint density at radius 1 is 1.05 bits per heavy atom. The molecule has 2 aromatic rings. The maximum absolute atomic E-state index is 13.8. The van der Waals surface area contributed by atoms with Gasteiger partial charge >= 0.3 is 0 Å². The standard InChI is InChI=1S/C16H14F3NO/c1-9-8-21-13-5-3-2-4-10(13)16(9)20-12-7-6-11(17)14(18)15(12)19/h2-7,9,16,20H,8H2,1H3. The zero-order chi connectivity index (χ0) is 15.0. The number of nitrogens with one attached hydrogen (secondary N) is 1. The van der Waals surface area contributed by atoms with Crippen LogP contribution in [0.15, 0.2) is 36.4 Å². The van der Waals surface area contributed by atoms with Crippen molar-refractivity contribution in [3.8, 4) is 5.75 Å². The SMILES string of the molecule is CC1COc2ccccc2C1Nc1ccc(F)c(F)c1F. The first-order valence-corrected chi connectivity index (χ1v) is 6.69. The number of hydrogen-bond acceptors (Lipinski definition) is 2. The average molecular weight is 293 g/mol. The Labute approximate surface area is 120 Å². The van der Waals surface area contributed by atoms with E-state index in [1.54, 1.807) is 0 Å². The number of anilines is 1. The molecule has 0 fully saturated rings. The van der Waals surface area contributed by atoms with Gasteiger partial charge in [0.15, 0.2) is 17.5 Å². The zero-order valence-corrected chi connectivity index (χ0v) is 11.4. The van der Waals surface area contributed by atoms with Gasteiger partial charge in [0.25, 0.3) is 0 Å². The zero-order valence-electron chi connectivity index (χ0n) is 11.4. The third kappa shape index (κ3) is 2.44. The van der Waals surface area contributed by atoms with E-state index in [4.69, 9.17) is 4.74 Å². The van der Waals surface area contributed by atoms with Gasteiger partial charge in [-0.05, 0) is 18.2 Å². The molecule has 0 radical (unpaired) electrons. The fourth-order valence-corrected chi connectivity index (χ4v) is 2.52. The molecule has 2 nitrogen and oxygen atoms in total. The van der Waals surface area contributed by atoms with Crippen LogP contribution in [0.5, 0.6) is 5.75 Å². The monoisotopic (exact) mass is 293 g/mol. The van der Waals surface area contributed by atoms with Crippen LogP contribution < -0.4 is 10.1 Å². The molecular formula is C16H14F3NO. The highest BCUT2D eigenvalue weighted by Gasteiger charge is 2.28. The van der Waals surface area contributed by atoms with Gasteiger partial charge in [0, 0.05) is 11.5 Å². The normalized spacial score (nSPS) is 20.6. The van der Waals surface area contributed by atoms with Crippen molar-refractivity contribution in [1.29, 1.82) is 0 Å². The maximum atomic E-state index is 13.8. The minimum Gasteiger partial charge on any atom is -0.493 e. The second-order valence-corrected chi connectivity index (χ2v) is 5.17. The van der Waals surface area contributed by atoms with Crippen LogP contribution in [0.4, 0.5) is 18.9 Å². The summed E-state index contributed by atoms with van der Waals surface area (Å²) in [5.41, 5.74) is 0.822. The Morgan fingerprint density at radius 2 is 1.81 bits per heavy atom. The molecule has 1 aliphatic rings. The molecule has 0 saturated heterocycles. The number of halogens is 3. The van der Waals surface area contributed by atoms with Gasteiger partial charge in [-0.15, -0.1) is 0 Å². The van der Waals surface area contributed by atoms with E-state index in [0.29, 0.717) is 6.61 Å². The first kappa shape index (κ1) is 13.8. The second kappa shape index (κ2) is 5.31. The Morgan fingerprint density at radius 3 is 2.62 bits per heavy atom. The smallest absolute Gasteiger partial charge is 0.196 e. The number of benzene rings is 2. The third-order valence-corrected chi connectivity index (χ3v) is 3.67. The van der Waals surface area contributed by atoms with Gasteiger partial charge in [-0.2, -0.15) is 0 Å². The van der Waals surface area contributed by atoms with Crippen LogP contribution >= 0.6 is 0 Å². The molecule has 0 amide bonds. The molecule has 0 saturated carbocycles. The summed E-state index contributed by atoms with van der Waals surface area (Å²) in [5, 5.41) is 2.96. The average Bonchev–Trinajstić information content (AvgIpc) is 2.50. The predicted octanol–water partition coefficient (Wildman–Crippen LogP) is 4.29. The summed E-state index contributed by atoms with van der Waals surface area (Å²) in [6.45, 7) is 2.42. The van der Waals surface area contributed by atoms with Gasteiger partial charge in [-0.3, -0.25) is 0 Å². The number of rotatable bonds is 2. The van der Waals surface area contributed by atoms with Crippen LogP contribution in [-0.4, -0.2) is 6.61 Å². The lowest BCUT2D eigenvalue weighted by molar-refractivity contribution is 0.214. The summed E-state index contributed by atoms with van der Waals surface area (Å²) in [6.07, 6.45) is 0. The van der Waals surface area contributed by atoms with Crippen molar-refractivity contribution >= 4 is 5.69 Å². The van der Waals surface area contributed by atoms with Crippen LogP contribution in [0, 0.1) is 23.4 Å². The number of hydrogen-bond donors (Lipinski definition) is 1. The molecule has 21 heavy (non-hydrogen) atoms. The van der Waals surface area contributed by atoms with E-state index in [0.717, 1.165) is 17.4 Å². The Kier molecular flexibility index (Phi) is 3.49. The van der Waals surface area contributed by atoms with Crippen LogP contribution in [-0.2, 0) is 0 Å². The molecule has 0 bridgehead atoms. The lowest BCUT2D eigenvalue weighted by Gasteiger charge is -2.32. The Balaban J connectivity index is 1.96. The highest BCUT2D eigenvalue weighted by molar-refractivity contribution is 5.50. The lowest BCUT2D eigenvalue weighted by Crippen LogP contribution is -2.29. The quantitative estimate of drug-likeness (QED) is 0.834. The Hall–Kier alpha value is -2.17. The van der Waals surface area contributed by atoms with E-state index in [2.05, 4.69) is 5.32 Å². The van der Waals surface area contributed by atoms with Crippen molar-refractivity contribution in [3.63, 3.8) is 0 Å². The van der Waals surface area contributed by atoms with Crippen LogP contribution in [0.25, 0.3) is 0 Å². The van der Waals surface area contributed by atoms with Crippen molar-refractivity contribution in [2.45, 2.75) is 13.0 Å². The van der Waals surface area contributed by atoms with Gasteiger partial charge in [0.1, 0.15) is 5.75 Å². The second-order valence-electron chi connectivity index (χ2n) is 5.17. The van der Waals surface area contributed by atoms with Gasteiger partial charge in [0.2, 0.25) is 0 Å². The topological polar surface area (TPSA) is 21.3 Å². The number of fused-ring (bicyclic) bond motifs is 1. The molecule has 1 aliphatic heterocycles. The van der Waals surface area contributed by atoms with E-state index in [-0.39, 0.29) is 17.6 Å². The van der Waals surface area contributed by atoms with Crippen LogP contribution in [0.3, 0.4) is 0 Å². The van der Waals surface area contributed by atoms with Gasteiger partial charge in [0.05, 0.1) is 18.3 Å². The third-order valence-electron chi connectivity index (χ3n) is 3.67. The van der Waals surface area contributed by atoms with E-state index in [1.807, 2.05) is 31.2 Å². The Bertz CT molecular complexity index is 675. The summed E-state index contributed by atoms with van der Waals surface area (Å²) in [7, 11) is 0. The lowest BCUT2D eigenvalue weighted by atomic mass is 9.92. The largest absolute Gasteiger partial charge is 0.493 e. The minimum atomic E-state index is -1.46. The van der Waals surface area contributed by atoms with Crippen LogP contribution in [0.2, 0.25) is 0 Å². The van der Waals surface area contributed by atoms with Crippen molar-refractivity contribution in [2.75, 3.05) is 11.9 Å². The van der Waals surface area contributed by atoms with Crippen molar-refractivity contribution < 1.29 is 17.9 Å². The number of ether oxygens (including phenoxy) is 1. The molecular weight excluding hydrogens is 279 g/mol. The van der Waals surface area contributed by atoms with E-state index in [9.17, 15) is 13.2 Å². The summed E-state index contributed by atoms with van der Waals surface area (Å²) < 4.78 is 45.7. The van der Waals surface area contributed by atoms with E-state index < -0.39 is 17.5 Å². The first-order valence-electron chi connectivity index (χ1n) is 6.69. The molecule has 0 aliphatic carbocycles. The molecule has 3 rings (SSSR count). The minimum absolute atomic E-state index is 0.0533. The first-order chi connectivity index (χ1) is 10.1. The van der Waals surface area contributed by atoms with Gasteiger partial charge in [-0.1, -0.05) is 25.1 Å². The van der Waals surface area contributed by atoms with Crippen molar-refractivity contribution in [3.05, 3.63) is 59.4 Å². The maximum Gasteiger partial charge on any atom is 0.196 e. The molecule has 2 unspecified atom stereocenters. The van der Waals surface area contributed by atoms with Gasteiger partial charge < -0.3 is 10.1 Å².